The Hall–Kier alpha value is -2.22. The molecule has 30 heavy (non-hydrogen) atoms. The maximum Gasteiger partial charge on any atom is 0.146 e. The molecule has 1 aromatic carbocycles. The first-order valence-corrected chi connectivity index (χ1v) is 11.6. The lowest BCUT2D eigenvalue weighted by Crippen LogP contribution is -2.36. The van der Waals surface area contributed by atoms with Gasteiger partial charge in [-0.2, -0.15) is 0 Å². The minimum atomic E-state index is 0.0763. The molecule has 2 aromatic heterocycles. The van der Waals surface area contributed by atoms with Crippen molar-refractivity contribution in [3.05, 3.63) is 46.1 Å². The standard InChI is InChI=1S/C23H28N4O2S/c1-15(16-6-3-4-8-18(16)28-2)24-22-21-17-7-5-9-19(17)30-23(21)26-20(25-22)14-27-10-12-29-13-11-27/h3-4,6,8,15H,5,7,9-14H2,1-2H3,(H,24,25,26)/t15-/m1/s1. The normalized spacial score (nSPS) is 17.8. The van der Waals surface area contributed by atoms with E-state index in [2.05, 4.69) is 29.3 Å². The highest BCUT2D eigenvalue weighted by atomic mass is 32.1. The molecule has 1 saturated heterocycles. The molecule has 0 spiro atoms. The average Bonchev–Trinajstić information content (AvgIpc) is 3.35. The molecule has 3 heterocycles. The van der Waals surface area contributed by atoms with E-state index in [4.69, 9.17) is 19.4 Å². The molecule has 7 heteroatoms. The van der Waals surface area contributed by atoms with Crippen LogP contribution >= 0.6 is 11.3 Å². The first-order valence-electron chi connectivity index (χ1n) is 10.7. The fourth-order valence-electron chi connectivity index (χ4n) is 4.48. The van der Waals surface area contributed by atoms with Crippen molar-refractivity contribution in [2.75, 3.05) is 38.7 Å². The molecular formula is C23H28N4O2S. The van der Waals surface area contributed by atoms with Crippen molar-refractivity contribution >= 4 is 27.4 Å². The number of hydrogen-bond donors (Lipinski definition) is 1. The summed E-state index contributed by atoms with van der Waals surface area (Å²) in [5.74, 6) is 2.74. The molecule has 6 nitrogen and oxygen atoms in total. The Labute approximate surface area is 181 Å². The maximum absolute atomic E-state index is 5.59. The first-order chi connectivity index (χ1) is 14.7. The zero-order valence-electron chi connectivity index (χ0n) is 17.6. The second kappa shape index (κ2) is 8.49. The number of aromatic nitrogens is 2. The van der Waals surface area contributed by atoms with E-state index >= 15 is 0 Å². The van der Waals surface area contributed by atoms with E-state index in [1.54, 1.807) is 7.11 Å². The molecule has 1 aliphatic carbocycles. The number of nitrogens with one attached hydrogen (secondary N) is 1. The number of anilines is 1. The van der Waals surface area contributed by atoms with Crippen LogP contribution in [-0.4, -0.2) is 48.3 Å². The van der Waals surface area contributed by atoms with E-state index < -0.39 is 0 Å². The maximum atomic E-state index is 5.59. The van der Waals surface area contributed by atoms with Gasteiger partial charge in [-0.15, -0.1) is 11.3 Å². The van der Waals surface area contributed by atoms with Gasteiger partial charge in [-0.3, -0.25) is 4.90 Å². The molecule has 1 atom stereocenters. The minimum Gasteiger partial charge on any atom is -0.496 e. The highest BCUT2D eigenvalue weighted by Crippen LogP contribution is 2.40. The Morgan fingerprint density at radius 1 is 1.20 bits per heavy atom. The van der Waals surface area contributed by atoms with Crippen LogP contribution < -0.4 is 10.1 Å². The van der Waals surface area contributed by atoms with Crippen LogP contribution in [0, 0.1) is 0 Å². The third kappa shape index (κ3) is 3.77. The number of thiophene rings is 1. The van der Waals surface area contributed by atoms with E-state index in [-0.39, 0.29) is 6.04 Å². The molecule has 1 fully saturated rings. The van der Waals surface area contributed by atoms with Gasteiger partial charge in [0.25, 0.3) is 0 Å². The fraction of sp³-hybridized carbons (Fsp3) is 0.478. The number of ether oxygens (including phenoxy) is 2. The molecular weight excluding hydrogens is 396 g/mol. The van der Waals surface area contributed by atoms with Gasteiger partial charge in [-0.1, -0.05) is 18.2 Å². The molecule has 1 N–H and O–H groups in total. The van der Waals surface area contributed by atoms with Crippen LogP contribution in [0.1, 0.15) is 41.2 Å². The van der Waals surface area contributed by atoms with Crippen LogP contribution in [0.15, 0.2) is 24.3 Å². The zero-order chi connectivity index (χ0) is 20.5. The third-order valence-corrected chi connectivity index (χ3v) is 7.22. The zero-order valence-corrected chi connectivity index (χ0v) is 18.4. The van der Waals surface area contributed by atoms with Crippen molar-refractivity contribution in [2.24, 2.45) is 0 Å². The second-order valence-corrected chi connectivity index (χ2v) is 9.11. The summed E-state index contributed by atoms with van der Waals surface area (Å²) in [6.07, 6.45) is 3.52. The van der Waals surface area contributed by atoms with Gasteiger partial charge in [0.15, 0.2) is 0 Å². The summed E-state index contributed by atoms with van der Waals surface area (Å²) in [5.41, 5.74) is 2.58. The van der Waals surface area contributed by atoms with E-state index in [0.29, 0.717) is 0 Å². The van der Waals surface area contributed by atoms with Gasteiger partial charge in [0, 0.05) is 23.5 Å². The van der Waals surface area contributed by atoms with Gasteiger partial charge in [0.05, 0.1) is 38.3 Å². The summed E-state index contributed by atoms with van der Waals surface area (Å²) in [6, 6.07) is 8.26. The first kappa shape index (κ1) is 19.7. The third-order valence-electron chi connectivity index (χ3n) is 6.04. The average molecular weight is 425 g/mol. The Balaban J connectivity index is 1.51. The summed E-state index contributed by atoms with van der Waals surface area (Å²) in [4.78, 5) is 15.0. The van der Waals surface area contributed by atoms with Gasteiger partial charge < -0.3 is 14.8 Å². The molecule has 0 unspecified atom stereocenters. The Kier molecular flexibility index (Phi) is 5.58. The van der Waals surface area contributed by atoms with Gasteiger partial charge >= 0.3 is 0 Å². The van der Waals surface area contributed by atoms with Gasteiger partial charge in [-0.25, -0.2) is 9.97 Å². The second-order valence-electron chi connectivity index (χ2n) is 8.02. The largest absolute Gasteiger partial charge is 0.496 e. The fourth-order valence-corrected chi connectivity index (χ4v) is 5.76. The summed E-state index contributed by atoms with van der Waals surface area (Å²) in [6.45, 7) is 6.36. The quantitative estimate of drug-likeness (QED) is 0.640. The summed E-state index contributed by atoms with van der Waals surface area (Å²) >= 11 is 1.85. The van der Waals surface area contributed by atoms with E-state index in [9.17, 15) is 0 Å². The Morgan fingerprint density at radius 2 is 2.03 bits per heavy atom. The minimum absolute atomic E-state index is 0.0763. The molecule has 0 radical (unpaired) electrons. The van der Waals surface area contributed by atoms with E-state index in [0.717, 1.165) is 73.5 Å². The number of para-hydroxylation sites is 1. The van der Waals surface area contributed by atoms with Crippen molar-refractivity contribution in [3.8, 4) is 5.75 Å². The molecule has 5 rings (SSSR count). The van der Waals surface area contributed by atoms with Crippen molar-refractivity contribution in [1.82, 2.24) is 14.9 Å². The van der Waals surface area contributed by atoms with Crippen LogP contribution in [-0.2, 0) is 24.1 Å². The highest BCUT2D eigenvalue weighted by Gasteiger charge is 2.24. The predicted molar refractivity (Wildman–Crippen MR) is 121 cm³/mol. The number of benzene rings is 1. The van der Waals surface area contributed by atoms with Crippen LogP contribution in [0.5, 0.6) is 5.75 Å². The lowest BCUT2D eigenvalue weighted by atomic mass is 10.1. The van der Waals surface area contributed by atoms with E-state index in [1.165, 1.54) is 22.2 Å². The van der Waals surface area contributed by atoms with Crippen molar-refractivity contribution in [2.45, 2.75) is 38.8 Å². The van der Waals surface area contributed by atoms with Crippen LogP contribution in [0.4, 0.5) is 5.82 Å². The van der Waals surface area contributed by atoms with Crippen LogP contribution in [0.25, 0.3) is 10.2 Å². The lowest BCUT2D eigenvalue weighted by Gasteiger charge is -2.26. The number of rotatable bonds is 6. The van der Waals surface area contributed by atoms with Crippen LogP contribution in [0.3, 0.4) is 0 Å². The highest BCUT2D eigenvalue weighted by molar-refractivity contribution is 7.19. The monoisotopic (exact) mass is 424 g/mol. The van der Waals surface area contributed by atoms with Crippen molar-refractivity contribution in [3.63, 3.8) is 0 Å². The number of nitrogens with zero attached hydrogens (tertiary/aromatic N) is 3. The molecule has 0 bridgehead atoms. The number of aryl methyl sites for hydroxylation is 2. The summed E-state index contributed by atoms with van der Waals surface area (Å²) < 4.78 is 11.1. The topological polar surface area (TPSA) is 59.5 Å². The van der Waals surface area contributed by atoms with Gasteiger partial charge in [0.2, 0.25) is 0 Å². The summed E-state index contributed by atoms with van der Waals surface area (Å²) in [7, 11) is 1.72. The van der Waals surface area contributed by atoms with Crippen LogP contribution in [0.2, 0.25) is 0 Å². The SMILES string of the molecule is COc1ccccc1[C@@H](C)Nc1nc(CN2CCOCC2)nc2sc3c(c12)CCC3. The Bertz CT molecular complexity index is 1050. The predicted octanol–water partition coefficient (Wildman–Crippen LogP) is 4.19. The van der Waals surface area contributed by atoms with E-state index in [1.807, 2.05) is 23.5 Å². The van der Waals surface area contributed by atoms with Gasteiger partial charge in [-0.05, 0) is 37.8 Å². The number of hydrogen-bond acceptors (Lipinski definition) is 7. The molecule has 0 amide bonds. The van der Waals surface area contributed by atoms with Crippen molar-refractivity contribution < 1.29 is 9.47 Å². The molecule has 0 saturated carbocycles. The summed E-state index contributed by atoms with van der Waals surface area (Å²) in [5, 5.41) is 4.92. The molecule has 3 aromatic rings. The molecule has 158 valence electrons. The van der Waals surface area contributed by atoms with Crippen molar-refractivity contribution in [1.29, 1.82) is 0 Å². The Morgan fingerprint density at radius 3 is 2.87 bits per heavy atom. The molecule has 1 aliphatic heterocycles. The number of morpholine rings is 1. The lowest BCUT2D eigenvalue weighted by molar-refractivity contribution is 0.0331. The van der Waals surface area contributed by atoms with Gasteiger partial charge in [0.1, 0.15) is 22.2 Å². The molecule has 2 aliphatic rings. The number of fused-ring (bicyclic) bond motifs is 3. The smallest absolute Gasteiger partial charge is 0.146 e. The number of methoxy groups -OCH3 is 1.